The second kappa shape index (κ2) is 3.98. The van der Waals surface area contributed by atoms with Crippen LogP contribution in [0.25, 0.3) is 0 Å². The molecule has 2 rings (SSSR count). The van der Waals surface area contributed by atoms with Crippen LogP contribution in [-0.2, 0) is 4.74 Å². The monoisotopic (exact) mass is 210 g/mol. The first-order valence-electron chi connectivity index (χ1n) is 4.97. The quantitative estimate of drug-likeness (QED) is 0.711. The molecule has 82 valence electrons. The zero-order chi connectivity index (χ0) is 10.8. The maximum atomic E-state index is 11.9. The lowest BCUT2D eigenvalue weighted by molar-refractivity contribution is -0.0588. The molecule has 0 spiro atoms. The first-order chi connectivity index (χ1) is 7.16. The summed E-state index contributed by atoms with van der Waals surface area (Å²) in [7, 11) is 0. The molecule has 0 aromatic carbocycles. The zero-order valence-electron chi connectivity index (χ0n) is 8.80. The number of H-pyrrole nitrogens is 1. The van der Waals surface area contributed by atoms with Crippen LogP contribution >= 0.6 is 0 Å². The van der Waals surface area contributed by atoms with Gasteiger partial charge in [-0.05, 0) is 13.8 Å². The standard InChI is InChI=1S/C9H14N4O2/c1-6-3-13(4-7(2)15-6)9(14)8-10-5-11-12-8/h5-7H,3-4H2,1-2H3,(H,10,11,12)/t6-,7+. The predicted molar refractivity (Wildman–Crippen MR) is 52.3 cm³/mol. The number of aromatic amines is 1. The average molecular weight is 210 g/mol. The summed E-state index contributed by atoms with van der Waals surface area (Å²) in [6.07, 6.45) is 1.47. The predicted octanol–water partition coefficient (Wildman–Crippen LogP) is 0.0541. The molecule has 1 saturated heterocycles. The van der Waals surface area contributed by atoms with Crippen molar-refractivity contribution in [1.82, 2.24) is 20.1 Å². The van der Waals surface area contributed by atoms with Crippen molar-refractivity contribution in [2.75, 3.05) is 13.1 Å². The van der Waals surface area contributed by atoms with Gasteiger partial charge < -0.3 is 9.64 Å². The molecule has 0 unspecified atom stereocenters. The van der Waals surface area contributed by atoms with Gasteiger partial charge in [0, 0.05) is 13.1 Å². The van der Waals surface area contributed by atoms with Crippen LogP contribution in [0.15, 0.2) is 6.33 Å². The second-order valence-corrected chi connectivity index (χ2v) is 3.80. The molecule has 2 atom stereocenters. The Hall–Kier alpha value is -1.43. The summed E-state index contributed by atoms with van der Waals surface area (Å²) in [5.41, 5.74) is 0. The van der Waals surface area contributed by atoms with Crippen molar-refractivity contribution in [3.05, 3.63) is 12.2 Å². The number of aromatic nitrogens is 3. The Kier molecular flexibility index (Phi) is 2.68. The van der Waals surface area contributed by atoms with Crippen LogP contribution in [0.5, 0.6) is 0 Å². The largest absolute Gasteiger partial charge is 0.372 e. The van der Waals surface area contributed by atoms with Gasteiger partial charge in [-0.1, -0.05) is 0 Å². The number of nitrogens with one attached hydrogen (secondary N) is 1. The molecule has 1 fully saturated rings. The lowest BCUT2D eigenvalue weighted by Crippen LogP contribution is -2.48. The normalized spacial score (nSPS) is 26.7. The molecule has 1 aromatic heterocycles. The van der Waals surface area contributed by atoms with Crippen LogP contribution in [-0.4, -0.2) is 51.3 Å². The van der Waals surface area contributed by atoms with E-state index in [2.05, 4.69) is 15.2 Å². The number of morpholine rings is 1. The molecule has 1 N–H and O–H groups in total. The number of rotatable bonds is 1. The fourth-order valence-electron chi connectivity index (χ4n) is 1.80. The Balaban J connectivity index is 2.07. The molecule has 2 heterocycles. The van der Waals surface area contributed by atoms with Crippen LogP contribution in [0, 0.1) is 0 Å². The summed E-state index contributed by atoms with van der Waals surface area (Å²) in [6, 6.07) is 0. The molecular weight excluding hydrogens is 196 g/mol. The van der Waals surface area contributed by atoms with E-state index in [4.69, 9.17) is 4.74 Å². The van der Waals surface area contributed by atoms with E-state index >= 15 is 0 Å². The fourth-order valence-corrected chi connectivity index (χ4v) is 1.80. The highest BCUT2D eigenvalue weighted by molar-refractivity contribution is 5.90. The highest BCUT2D eigenvalue weighted by atomic mass is 16.5. The highest BCUT2D eigenvalue weighted by Crippen LogP contribution is 2.12. The molecular formula is C9H14N4O2. The maximum absolute atomic E-state index is 11.9. The number of amides is 1. The van der Waals surface area contributed by atoms with Crippen molar-refractivity contribution in [3.63, 3.8) is 0 Å². The van der Waals surface area contributed by atoms with Crippen molar-refractivity contribution in [1.29, 1.82) is 0 Å². The summed E-state index contributed by atoms with van der Waals surface area (Å²) < 4.78 is 5.54. The zero-order valence-corrected chi connectivity index (χ0v) is 8.80. The Morgan fingerprint density at radius 3 is 2.73 bits per heavy atom. The Labute approximate surface area is 87.6 Å². The number of hydrogen-bond acceptors (Lipinski definition) is 4. The summed E-state index contributed by atoms with van der Waals surface area (Å²) in [5, 5.41) is 6.23. The number of nitrogens with zero attached hydrogens (tertiary/aromatic N) is 3. The molecule has 6 nitrogen and oxygen atoms in total. The SMILES string of the molecule is C[C@@H]1CN(C(=O)c2ncn[nH]2)C[C@H](C)O1. The topological polar surface area (TPSA) is 71.1 Å². The number of carbonyl (C=O) groups is 1. The van der Waals surface area contributed by atoms with Gasteiger partial charge in [-0.25, -0.2) is 4.98 Å². The summed E-state index contributed by atoms with van der Waals surface area (Å²) in [5.74, 6) is 0.172. The van der Waals surface area contributed by atoms with Crippen molar-refractivity contribution < 1.29 is 9.53 Å². The summed E-state index contributed by atoms with van der Waals surface area (Å²) >= 11 is 0. The van der Waals surface area contributed by atoms with Gasteiger partial charge >= 0.3 is 0 Å². The van der Waals surface area contributed by atoms with Crippen LogP contribution < -0.4 is 0 Å². The molecule has 0 saturated carbocycles. The van der Waals surface area contributed by atoms with Gasteiger partial charge in [-0.15, -0.1) is 0 Å². The average Bonchev–Trinajstić information content (AvgIpc) is 2.67. The minimum Gasteiger partial charge on any atom is -0.372 e. The lowest BCUT2D eigenvalue weighted by atomic mass is 10.2. The molecule has 0 aliphatic carbocycles. The van der Waals surface area contributed by atoms with Gasteiger partial charge in [0.15, 0.2) is 0 Å². The van der Waals surface area contributed by atoms with E-state index in [1.54, 1.807) is 4.90 Å². The molecule has 1 amide bonds. The van der Waals surface area contributed by atoms with Crippen molar-refractivity contribution in [2.45, 2.75) is 26.1 Å². The first-order valence-corrected chi connectivity index (χ1v) is 4.97. The third kappa shape index (κ3) is 2.15. The van der Waals surface area contributed by atoms with Gasteiger partial charge in [0.25, 0.3) is 5.91 Å². The second-order valence-electron chi connectivity index (χ2n) is 3.80. The van der Waals surface area contributed by atoms with Gasteiger partial charge in [-0.3, -0.25) is 9.89 Å². The third-order valence-corrected chi connectivity index (χ3v) is 2.32. The van der Waals surface area contributed by atoms with E-state index in [1.165, 1.54) is 6.33 Å². The van der Waals surface area contributed by atoms with Crippen molar-refractivity contribution >= 4 is 5.91 Å². The van der Waals surface area contributed by atoms with Gasteiger partial charge in [0.1, 0.15) is 6.33 Å². The van der Waals surface area contributed by atoms with E-state index in [-0.39, 0.29) is 23.9 Å². The van der Waals surface area contributed by atoms with E-state index < -0.39 is 0 Å². The van der Waals surface area contributed by atoms with E-state index in [9.17, 15) is 4.79 Å². The Morgan fingerprint density at radius 2 is 2.20 bits per heavy atom. The van der Waals surface area contributed by atoms with Crippen molar-refractivity contribution in [2.24, 2.45) is 0 Å². The minimum atomic E-state index is -0.116. The lowest BCUT2D eigenvalue weighted by Gasteiger charge is -2.34. The third-order valence-electron chi connectivity index (χ3n) is 2.32. The molecule has 0 radical (unpaired) electrons. The number of hydrogen-bond donors (Lipinski definition) is 1. The molecule has 1 aromatic rings. The van der Waals surface area contributed by atoms with Crippen LogP contribution in [0.4, 0.5) is 0 Å². The van der Waals surface area contributed by atoms with E-state index in [0.29, 0.717) is 13.1 Å². The maximum Gasteiger partial charge on any atom is 0.291 e. The summed E-state index contributed by atoms with van der Waals surface area (Å²) in [4.78, 5) is 17.5. The van der Waals surface area contributed by atoms with Gasteiger partial charge in [-0.2, -0.15) is 5.10 Å². The molecule has 1 aliphatic rings. The van der Waals surface area contributed by atoms with Crippen molar-refractivity contribution in [3.8, 4) is 0 Å². The molecule has 15 heavy (non-hydrogen) atoms. The summed E-state index contributed by atoms with van der Waals surface area (Å²) in [6.45, 7) is 5.11. The fraction of sp³-hybridized carbons (Fsp3) is 0.667. The van der Waals surface area contributed by atoms with Crippen LogP contribution in [0.3, 0.4) is 0 Å². The minimum absolute atomic E-state index is 0.0700. The first kappa shape index (κ1) is 10.1. The molecule has 1 aliphatic heterocycles. The van der Waals surface area contributed by atoms with E-state index in [0.717, 1.165) is 0 Å². The number of ether oxygens (including phenoxy) is 1. The molecule has 0 bridgehead atoms. The van der Waals surface area contributed by atoms with Gasteiger partial charge in [0.2, 0.25) is 5.82 Å². The van der Waals surface area contributed by atoms with Crippen LogP contribution in [0.2, 0.25) is 0 Å². The highest BCUT2D eigenvalue weighted by Gasteiger charge is 2.27. The Morgan fingerprint density at radius 1 is 1.53 bits per heavy atom. The smallest absolute Gasteiger partial charge is 0.291 e. The Bertz CT molecular complexity index is 328. The van der Waals surface area contributed by atoms with Gasteiger partial charge in [0.05, 0.1) is 12.2 Å². The van der Waals surface area contributed by atoms with Crippen LogP contribution in [0.1, 0.15) is 24.5 Å². The molecule has 6 heteroatoms. The number of carbonyl (C=O) groups excluding carboxylic acids is 1. The van der Waals surface area contributed by atoms with E-state index in [1.807, 2.05) is 13.8 Å².